The van der Waals surface area contributed by atoms with Crippen molar-refractivity contribution < 1.29 is 4.43 Å². The second kappa shape index (κ2) is 7.88. The number of hydrogen-bond donors (Lipinski definition) is 0. The van der Waals surface area contributed by atoms with Crippen LogP contribution in [0.4, 0.5) is 0 Å². The summed E-state index contributed by atoms with van der Waals surface area (Å²) in [4.78, 5) is 0. The topological polar surface area (TPSA) is 9.23 Å². The van der Waals surface area contributed by atoms with E-state index in [1.54, 1.807) is 0 Å². The first-order valence-electron chi connectivity index (χ1n) is 7.16. The van der Waals surface area contributed by atoms with Gasteiger partial charge in [-0.3, -0.25) is 0 Å². The summed E-state index contributed by atoms with van der Waals surface area (Å²) in [6.07, 6.45) is 16.9. The van der Waals surface area contributed by atoms with Crippen molar-refractivity contribution in [3.63, 3.8) is 0 Å². The van der Waals surface area contributed by atoms with Crippen LogP contribution in [0.15, 0.2) is 24.3 Å². The van der Waals surface area contributed by atoms with Gasteiger partial charge in [0, 0.05) is 12.1 Å². The molecular weight excluding hydrogens is 224 g/mol. The molecule has 1 aliphatic rings. The van der Waals surface area contributed by atoms with E-state index >= 15 is 0 Å². The molecule has 17 heavy (non-hydrogen) atoms. The maximum atomic E-state index is 6.16. The molecule has 1 aliphatic carbocycles. The Labute approximate surface area is 108 Å². The van der Waals surface area contributed by atoms with E-state index < -0.39 is 8.32 Å². The molecule has 0 unspecified atom stereocenters. The highest BCUT2D eigenvalue weighted by molar-refractivity contribution is 6.73. The van der Waals surface area contributed by atoms with Crippen LogP contribution in [0.1, 0.15) is 45.4 Å². The third-order valence-corrected chi connectivity index (χ3v) is 6.46. The molecular formula is C15H28OSi. The lowest BCUT2D eigenvalue weighted by Gasteiger charge is -2.27. The van der Waals surface area contributed by atoms with Gasteiger partial charge in [-0.25, -0.2) is 0 Å². The second-order valence-electron chi connectivity index (χ2n) is 5.52. The van der Waals surface area contributed by atoms with Crippen molar-refractivity contribution >= 4 is 8.32 Å². The van der Waals surface area contributed by atoms with Gasteiger partial charge in [0.25, 0.3) is 0 Å². The first-order valence-corrected chi connectivity index (χ1v) is 10.1. The van der Waals surface area contributed by atoms with Crippen molar-refractivity contribution in [3.8, 4) is 0 Å². The van der Waals surface area contributed by atoms with Crippen LogP contribution in [-0.4, -0.2) is 14.9 Å². The van der Waals surface area contributed by atoms with Crippen LogP contribution in [0.2, 0.25) is 18.6 Å². The molecule has 0 aromatic rings. The molecule has 0 bridgehead atoms. The van der Waals surface area contributed by atoms with Gasteiger partial charge in [-0.2, -0.15) is 0 Å². The van der Waals surface area contributed by atoms with Crippen molar-refractivity contribution in [3.05, 3.63) is 24.3 Å². The molecule has 0 atom stereocenters. The third-order valence-electron chi connectivity index (χ3n) is 3.52. The molecule has 0 spiro atoms. The summed E-state index contributed by atoms with van der Waals surface area (Å²) in [5.74, 6) is 0. The molecule has 1 nitrogen and oxygen atoms in total. The van der Waals surface area contributed by atoms with Crippen molar-refractivity contribution in [1.29, 1.82) is 0 Å². The van der Waals surface area contributed by atoms with Crippen LogP contribution in [0.3, 0.4) is 0 Å². The van der Waals surface area contributed by atoms with Crippen molar-refractivity contribution in [2.45, 2.75) is 64.1 Å². The SMILES string of the molecule is CCCCCCCCO[Si](C)(C)C1C=CC=C1. The van der Waals surface area contributed by atoms with Crippen molar-refractivity contribution in [2.24, 2.45) is 0 Å². The monoisotopic (exact) mass is 252 g/mol. The summed E-state index contributed by atoms with van der Waals surface area (Å²) < 4.78 is 6.16. The van der Waals surface area contributed by atoms with Gasteiger partial charge >= 0.3 is 0 Å². The summed E-state index contributed by atoms with van der Waals surface area (Å²) in [5.41, 5.74) is 0.586. The lowest BCUT2D eigenvalue weighted by Crippen LogP contribution is -2.34. The van der Waals surface area contributed by atoms with Gasteiger partial charge in [0.05, 0.1) is 0 Å². The summed E-state index contributed by atoms with van der Waals surface area (Å²) in [6.45, 7) is 7.88. The lowest BCUT2D eigenvalue weighted by atomic mass is 10.1. The zero-order valence-corrected chi connectivity index (χ0v) is 12.7. The Bertz CT molecular complexity index is 244. The molecule has 0 aromatic carbocycles. The van der Waals surface area contributed by atoms with Crippen LogP contribution in [0, 0.1) is 0 Å². The number of allylic oxidation sites excluding steroid dienone is 4. The van der Waals surface area contributed by atoms with Gasteiger partial charge < -0.3 is 4.43 Å². The highest BCUT2D eigenvalue weighted by Gasteiger charge is 2.30. The zero-order valence-electron chi connectivity index (χ0n) is 11.7. The van der Waals surface area contributed by atoms with Gasteiger partial charge in [-0.15, -0.1) is 0 Å². The van der Waals surface area contributed by atoms with Crippen LogP contribution in [-0.2, 0) is 4.43 Å². The molecule has 0 radical (unpaired) electrons. The fourth-order valence-electron chi connectivity index (χ4n) is 2.21. The van der Waals surface area contributed by atoms with E-state index in [9.17, 15) is 0 Å². The van der Waals surface area contributed by atoms with Gasteiger partial charge in [0.2, 0.25) is 0 Å². The molecule has 98 valence electrons. The van der Waals surface area contributed by atoms with E-state index in [0.29, 0.717) is 5.54 Å². The molecule has 0 saturated heterocycles. The van der Waals surface area contributed by atoms with E-state index in [2.05, 4.69) is 44.3 Å². The predicted molar refractivity (Wildman–Crippen MR) is 78.8 cm³/mol. The standard InChI is InChI=1S/C15H28OSi/c1-4-5-6-7-8-11-14-16-17(2,3)15-12-9-10-13-15/h9-10,12-13,15H,4-8,11,14H2,1-3H3. The summed E-state index contributed by atoms with van der Waals surface area (Å²) in [5, 5.41) is 0. The van der Waals surface area contributed by atoms with Gasteiger partial charge in [0.1, 0.15) is 0 Å². The first-order chi connectivity index (χ1) is 8.17. The Morgan fingerprint density at radius 3 is 2.18 bits per heavy atom. The molecule has 0 heterocycles. The molecule has 0 amide bonds. The van der Waals surface area contributed by atoms with E-state index in [0.717, 1.165) is 6.61 Å². The molecule has 2 heteroatoms. The van der Waals surface area contributed by atoms with E-state index in [4.69, 9.17) is 4.43 Å². The van der Waals surface area contributed by atoms with Gasteiger partial charge in [0.15, 0.2) is 8.32 Å². The van der Waals surface area contributed by atoms with Gasteiger partial charge in [-0.1, -0.05) is 63.3 Å². The minimum Gasteiger partial charge on any atom is -0.416 e. The van der Waals surface area contributed by atoms with E-state index in [1.807, 2.05) is 0 Å². The van der Waals surface area contributed by atoms with Crippen LogP contribution in [0.5, 0.6) is 0 Å². The highest BCUT2D eigenvalue weighted by Crippen LogP contribution is 2.29. The van der Waals surface area contributed by atoms with Crippen molar-refractivity contribution in [1.82, 2.24) is 0 Å². The minimum atomic E-state index is -1.52. The van der Waals surface area contributed by atoms with Crippen molar-refractivity contribution in [2.75, 3.05) is 6.61 Å². The average molecular weight is 252 g/mol. The Kier molecular flexibility index (Phi) is 6.82. The average Bonchev–Trinajstić information content (AvgIpc) is 2.82. The maximum Gasteiger partial charge on any atom is 0.197 e. The van der Waals surface area contributed by atoms with E-state index in [-0.39, 0.29) is 0 Å². The smallest absolute Gasteiger partial charge is 0.197 e. The fraction of sp³-hybridized carbons (Fsp3) is 0.733. The summed E-state index contributed by atoms with van der Waals surface area (Å²) in [7, 11) is -1.52. The summed E-state index contributed by atoms with van der Waals surface area (Å²) in [6, 6.07) is 0. The largest absolute Gasteiger partial charge is 0.416 e. The minimum absolute atomic E-state index is 0.586. The molecule has 0 aromatic heterocycles. The Balaban J connectivity index is 2.05. The zero-order chi connectivity index (χ0) is 12.6. The second-order valence-corrected chi connectivity index (χ2v) is 9.68. The van der Waals surface area contributed by atoms with Crippen LogP contribution in [0.25, 0.3) is 0 Å². The number of hydrogen-bond acceptors (Lipinski definition) is 1. The lowest BCUT2D eigenvalue weighted by molar-refractivity contribution is 0.292. The molecule has 0 N–H and O–H groups in total. The Morgan fingerprint density at radius 1 is 0.941 bits per heavy atom. The van der Waals surface area contributed by atoms with Crippen LogP contribution < -0.4 is 0 Å². The number of rotatable bonds is 9. The normalized spacial score (nSPS) is 15.9. The predicted octanol–water partition coefficient (Wildman–Crippen LogP) is 5.06. The number of unbranched alkanes of at least 4 members (excludes halogenated alkanes) is 5. The van der Waals surface area contributed by atoms with Gasteiger partial charge in [-0.05, 0) is 19.5 Å². The molecule has 0 aliphatic heterocycles. The Hall–Kier alpha value is -0.343. The fourth-order valence-corrected chi connectivity index (χ4v) is 4.22. The maximum absolute atomic E-state index is 6.16. The Morgan fingerprint density at radius 2 is 1.53 bits per heavy atom. The van der Waals surface area contributed by atoms with Crippen LogP contribution >= 0.6 is 0 Å². The quantitative estimate of drug-likeness (QED) is 0.411. The molecule has 0 saturated carbocycles. The highest BCUT2D eigenvalue weighted by atomic mass is 28.4. The molecule has 0 fully saturated rings. The first kappa shape index (κ1) is 14.7. The summed E-state index contributed by atoms with van der Waals surface area (Å²) >= 11 is 0. The third kappa shape index (κ3) is 5.69. The molecule has 1 rings (SSSR count). The van der Waals surface area contributed by atoms with E-state index in [1.165, 1.54) is 38.5 Å².